The van der Waals surface area contributed by atoms with Gasteiger partial charge in [0.1, 0.15) is 11.5 Å². The molecule has 5 nitrogen and oxygen atoms in total. The average Bonchev–Trinajstić information content (AvgIpc) is 3.01. The summed E-state index contributed by atoms with van der Waals surface area (Å²) in [7, 11) is 0. The summed E-state index contributed by atoms with van der Waals surface area (Å²) in [6.45, 7) is 4.47. The van der Waals surface area contributed by atoms with Crippen LogP contribution in [-0.4, -0.2) is 26.0 Å². The van der Waals surface area contributed by atoms with E-state index in [2.05, 4.69) is 20.4 Å². The van der Waals surface area contributed by atoms with Crippen LogP contribution in [0.4, 0.5) is 8.78 Å². The lowest BCUT2D eigenvalue weighted by molar-refractivity contribution is 0.564. The van der Waals surface area contributed by atoms with Crippen LogP contribution in [0.2, 0.25) is 0 Å². The minimum Gasteiger partial charge on any atom is -0.306 e. The zero-order valence-electron chi connectivity index (χ0n) is 14.7. The third-order valence-electron chi connectivity index (χ3n) is 4.13. The second-order valence-electron chi connectivity index (χ2n) is 5.87. The van der Waals surface area contributed by atoms with Gasteiger partial charge in [0.2, 0.25) is 0 Å². The summed E-state index contributed by atoms with van der Waals surface area (Å²) in [6.07, 6.45) is 7.22. The normalized spacial score (nSPS) is 12.3. The molecule has 26 heavy (non-hydrogen) atoms. The number of nitrogens with one attached hydrogen (secondary N) is 1. The second-order valence-corrected chi connectivity index (χ2v) is 6.65. The third-order valence-corrected chi connectivity index (χ3v) is 4.70. The Kier molecular flexibility index (Phi) is 5.63. The molecule has 0 spiro atoms. The first kappa shape index (κ1) is 18.5. The average molecular weight is 375 g/mol. The highest BCUT2D eigenvalue weighted by atomic mass is 32.2. The summed E-state index contributed by atoms with van der Waals surface area (Å²) >= 11 is 1.50. The van der Waals surface area contributed by atoms with E-state index in [9.17, 15) is 8.78 Å². The topological polar surface area (TPSA) is 55.6 Å². The fourth-order valence-electron chi connectivity index (χ4n) is 2.66. The van der Waals surface area contributed by atoms with E-state index < -0.39 is 11.6 Å². The van der Waals surface area contributed by atoms with E-state index in [1.807, 2.05) is 20.1 Å². The molecule has 3 aromatic rings. The molecule has 0 aliphatic rings. The predicted octanol–water partition coefficient (Wildman–Crippen LogP) is 3.82. The van der Waals surface area contributed by atoms with Crippen LogP contribution in [0.15, 0.2) is 41.9 Å². The van der Waals surface area contributed by atoms with Gasteiger partial charge in [0.15, 0.2) is 11.0 Å². The lowest BCUT2D eigenvalue weighted by Crippen LogP contribution is -2.19. The largest absolute Gasteiger partial charge is 0.306 e. The third kappa shape index (κ3) is 3.91. The van der Waals surface area contributed by atoms with Crippen LogP contribution < -0.4 is 5.32 Å². The van der Waals surface area contributed by atoms with Gasteiger partial charge in [-0.15, -0.1) is 0 Å². The van der Waals surface area contributed by atoms with Gasteiger partial charge in [0.05, 0.1) is 6.20 Å². The van der Waals surface area contributed by atoms with E-state index in [1.165, 1.54) is 28.6 Å². The zero-order chi connectivity index (χ0) is 18.7. The maximum absolute atomic E-state index is 14.0. The molecule has 2 aromatic heterocycles. The molecule has 1 aromatic carbocycles. The molecule has 0 saturated heterocycles. The van der Waals surface area contributed by atoms with Gasteiger partial charge in [-0.3, -0.25) is 0 Å². The highest BCUT2D eigenvalue weighted by Crippen LogP contribution is 2.22. The molecule has 0 bridgehead atoms. The lowest BCUT2D eigenvalue weighted by atomic mass is 10.1. The van der Waals surface area contributed by atoms with Gasteiger partial charge in [0.25, 0.3) is 0 Å². The molecule has 1 N–H and O–H groups in total. The van der Waals surface area contributed by atoms with Gasteiger partial charge in [-0.1, -0.05) is 11.8 Å². The van der Waals surface area contributed by atoms with E-state index >= 15 is 0 Å². The molecule has 0 fully saturated rings. The molecular weight excluding hydrogens is 356 g/mol. The van der Waals surface area contributed by atoms with E-state index in [-0.39, 0.29) is 11.7 Å². The van der Waals surface area contributed by atoms with Crippen LogP contribution in [0.5, 0.6) is 0 Å². The molecule has 2 heterocycles. The molecule has 0 aliphatic heterocycles. The maximum atomic E-state index is 14.0. The molecule has 0 saturated carbocycles. The molecule has 136 valence electrons. The zero-order valence-corrected chi connectivity index (χ0v) is 15.5. The first-order valence-corrected chi connectivity index (χ1v) is 9.30. The SMILES string of the molecule is CSc1ncc(CNC(C)c2cnn(-c3ccc(F)cc3F)c2C)cn1. The predicted molar refractivity (Wildman–Crippen MR) is 97.3 cm³/mol. The minimum absolute atomic E-state index is 0.00696. The number of nitrogens with zero attached hydrogens (tertiary/aromatic N) is 4. The molecule has 1 unspecified atom stereocenters. The number of hydrogen-bond acceptors (Lipinski definition) is 5. The highest BCUT2D eigenvalue weighted by molar-refractivity contribution is 7.98. The van der Waals surface area contributed by atoms with Crippen LogP contribution >= 0.6 is 11.8 Å². The van der Waals surface area contributed by atoms with Crippen molar-refractivity contribution in [2.24, 2.45) is 0 Å². The Hall–Kier alpha value is -2.32. The lowest BCUT2D eigenvalue weighted by Gasteiger charge is -2.14. The fourth-order valence-corrected chi connectivity index (χ4v) is 2.98. The van der Waals surface area contributed by atoms with Crippen molar-refractivity contribution >= 4 is 11.8 Å². The Morgan fingerprint density at radius 3 is 2.58 bits per heavy atom. The van der Waals surface area contributed by atoms with Crippen molar-refractivity contribution in [3.05, 3.63) is 65.2 Å². The van der Waals surface area contributed by atoms with Crippen molar-refractivity contribution in [1.29, 1.82) is 0 Å². The van der Waals surface area contributed by atoms with Gasteiger partial charge in [-0.25, -0.2) is 23.4 Å². The van der Waals surface area contributed by atoms with Crippen molar-refractivity contribution in [3.63, 3.8) is 0 Å². The number of thioether (sulfide) groups is 1. The van der Waals surface area contributed by atoms with Crippen LogP contribution in [0.1, 0.15) is 29.8 Å². The minimum atomic E-state index is -0.644. The van der Waals surface area contributed by atoms with Crippen molar-refractivity contribution in [3.8, 4) is 5.69 Å². The Morgan fingerprint density at radius 1 is 1.19 bits per heavy atom. The second kappa shape index (κ2) is 7.92. The fraction of sp³-hybridized carbons (Fsp3) is 0.278. The van der Waals surface area contributed by atoms with Gasteiger partial charge >= 0.3 is 0 Å². The Balaban J connectivity index is 1.73. The summed E-state index contributed by atoms with van der Waals surface area (Å²) in [5.74, 6) is -1.25. The van der Waals surface area contributed by atoms with Crippen LogP contribution in [0.25, 0.3) is 5.69 Å². The first-order valence-electron chi connectivity index (χ1n) is 8.08. The van der Waals surface area contributed by atoms with Crippen molar-refractivity contribution in [2.45, 2.75) is 31.6 Å². The van der Waals surface area contributed by atoms with Crippen LogP contribution in [0, 0.1) is 18.6 Å². The van der Waals surface area contributed by atoms with Crippen molar-refractivity contribution in [2.75, 3.05) is 6.26 Å². The molecule has 8 heteroatoms. The van der Waals surface area contributed by atoms with Crippen molar-refractivity contribution in [1.82, 2.24) is 25.1 Å². The highest BCUT2D eigenvalue weighted by Gasteiger charge is 2.16. The van der Waals surface area contributed by atoms with Gasteiger partial charge in [-0.2, -0.15) is 5.10 Å². The smallest absolute Gasteiger partial charge is 0.187 e. The molecule has 0 radical (unpaired) electrons. The maximum Gasteiger partial charge on any atom is 0.187 e. The number of benzene rings is 1. The van der Waals surface area contributed by atoms with Gasteiger partial charge in [0, 0.05) is 47.9 Å². The summed E-state index contributed by atoms with van der Waals surface area (Å²) < 4.78 is 28.6. The number of hydrogen-bond donors (Lipinski definition) is 1. The van der Waals surface area contributed by atoms with Gasteiger partial charge in [-0.05, 0) is 32.2 Å². The number of aromatic nitrogens is 4. The molecule has 3 rings (SSSR count). The van der Waals surface area contributed by atoms with E-state index in [0.29, 0.717) is 6.54 Å². The monoisotopic (exact) mass is 375 g/mol. The van der Waals surface area contributed by atoms with E-state index in [4.69, 9.17) is 0 Å². The molecule has 0 amide bonds. The molecule has 1 atom stereocenters. The standard InChI is InChI=1S/C18H19F2N5S/c1-11(21-7-13-8-22-18(26-3)23-9-13)15-10-24-25(12(15)2)17-5-4-14(19)6-16(17)20/h4-6,8-11,21H,7H2,1-3H3. The van der Waals surface area contributed by atoms with E-state index in [0.717, 1.165) is 28.0 Å². The number of rotatable bonds is 6. The van der Waals surface area contributed by atoms with Crippen LogP contribution in [-0.2, 0) is 6.54 Å². The molecular formula is C18H19F2N5S. The first-order chi connectivity index (χ1) is 12.5. The summed E-state index contributed by atoms with van der Waals surface area (Å²) in [5, 5.41) is 8.39. The van der Waals surface area contributed by atoms with Crippen LogP contribution in [0.3, 0.4) is 0 Å². The quantitative estimate of drug-likeness (QED) is 0.524. The Labute approximate surface area is 154 Å². The summed E-state index contributed by atoms with van der Waals surface area (Å²) in [5.41, 5.74) is 2.94. The summed E-state index contributed by atoms with van der Waals surface area (Å²) in [6, 6.07) is 3.46. The Morgan fingerprint density at radius 2 is 1.92 bits per heavy atom. The molecule has 0 aliphatic carbocycles. The Bertz CT molecular complexity index is 895. The van der Waals surface area contributed by atoms with Crippen molar-refractivity contribution < 1.29 is 8.78 Å². The summed E-state index contributed by atoms with van der Waals surface area (Å²) in [4.78, 5) is 8.50. The van der Waals surface area contributed by atoms with E-state index in [1.54, 1.807) is 18.6 Å². The van der Waals surface area contributed by atoms with Gasteiger partial charge < -0.3 is 5.32 Å². The number of halogens is 2.